The molecule has 4 heterocycles. The Morgan fingerprint density at radius 2 is 1.84 bits per heavy atom. The second-order valence-electron chi connectivity index (χ2n) is 9.24. The highest BCUT2D eigenvalue weighted by Crippen LogP contribution is 2.29. The molecule has 0 spiro atoms. The molecule has 0 bridgehead atoms. The predicted octanol–water partition coefficient (Wildman–Crippen LogP) is 3.99. The van der Waals surface area contributed by atoms with Gasteiger partial charge in [-0.15, -0.1) is 6.58 Å². The minimum absolute atomic E-state index is 0.105. The molecule has 0 atom stereocenters. The zero-order valence-electron chi connectivity index (χ0n) is 21.0. The highest BCUT2D eigenvalue weighted by atomic mass is 19.4. The van der Waals surface area contributed by atoms with Crippen molar-refractivity contribution in [3.8, 4) is 5.82 Å². The van der Waals surface area contributed by atoms with E-state index in [9.17, 15) is 18.0 Å². The number of aryl methyl sites for hydroxylation is 1. The van der Waals surface area contributed by atoms with Gasteiger partial charge in [0, 0.05) is 49.9 Å². The number of aromatic nitrogens is 5. The van der Waals surface area contributed by atoms with Gasteiger partial charge in [-0.25, -0.2) is 19.3 Å². The lowest BCUT2D eigenvalue weighted by Crippen LogP contribution is -2.44. The number of rotatable bonds is 6. The van der Waals surface area contributed by atoms with Gasteiger partial charge < -0.3 is 15.1 Å². The van der Waals surface area contributed by atoms with Gasteiger partial charge in [0.1, 0.15) is 5.39 Å². The number of allylic oxidation sites excluding steroid dienone is 1. The zero-order valence-corrected chi connectivity index (χ0v) is 21.0. The lowest BCUT2D eigenvalue weighted by atomic mass is 10.1. The first-order valence-electron chi connectivity index (χ1n) is 12.1. The van der Waals surface area contributed by atoms with Crippen LogP contribution in [0.3, 0.4) is 0 Å². The van der Waals surface area contributed by atoms with E-state index in [1.54, 1.807) is 0 Å². The SMILES string of the molecule is C=CCn1c(=O)c2cnc(Nc3ccc(N4CCN(C)CC4)c(C)c3)nc2n1-c1ccc(C(F)(F)F)cn1. The molecule has 1 saturated heterocycles. The van der Waals surface area contributed by atoms with Crippen molar-refractivity contribution in [2.24, 2.45) is 0 Å². The normalized spacial score (nSPS) is 14.7. The molecule has 0 unspecified atom stereocenters. The number of halogens is 3. The molecule has 5 rings (SSSR count). The fourth-order valence-electron chi connectivity index (χ4n) is 4.55. The largest absolute Gasteiger partial charge is 0.417 e. The number of anilines is 3. The van der Waals surface area contributed by atoms with E-state index < -0.39 is 17.3 Å². The number of nitrogens with one attached hydrogen (secondary N) is 1. The zero-order chi connectivity index (χ0) is 27.0. The summed E-state index contributed by atoms with van der Waals surface area (Å²) in [6.07, 6.45) is -0.881. The first-order valence-corrected chi connectivity index (χ1v) is 12.1. The quantitative estimate of drug-likeness (QED) is 0.382. The number of likely N-dealkylation sites (N-methyl/N-ethyl adjacent to an activating group) is 1. The molecule has 1 aromatic carbocycles. The number of nitrogens with zero attached hydrogens (tertiary/aromatic N) is 7. The molecule has 4 aromatic rings. The standard InChI is InChI=1S/C26H27F3N8O/c1-4-9-36-24(38)20-16-31-25(33-23(20)37(36)22-8-5-18(15-30-22)26(27,28)29)32-19-6-7-21(17(2)14-19)35-12-10-34(3)11-13-35/h4-8,14-16H,1,9-13H2,2-3H3,(H,31,32,33). The topological polar surface area (TPSA) is 84.1 Å². The van der Waals surface area contributed by atoms with Crippen LogP contribution in [0.15, 0.2) is 60.2 Å². The van der Waals surface area contributed by atoms with Crippen molar-refractivity contribution in [2.75, 3.05) is 43.4 Å². The third-order valence-electron chi connectivity index (χ3n) is 6.57. The van der Waals surface area contributed by atoms with Crippen molar-refractivity contribution in [1.82, 2.24) is 29.2 Å². The van der Waals surface area contributed by atoms with Crippen LogP contribution in [-0.2, 0) is 12.7 Å². The van der Waals surface area contributed by atoms with Gasteiger partial charge >= 0.3 is 6.18 Å². The Morgan fingerprint density at radius 1 is 1.08 bits per heavy atom. The second-order valence-corrected chi connectivity index (χ2v) is 9.24. The fraction of sp³-hybridized carbons (Fsp3) is 0.308. The first-order chi connectivity index (χ1) is 18.2. The maximum atomic E-state index is 13.1. The van der Waals surface area contributed by atoms with Crippen LogP contribution in [0.1, 0.15) is 11.1 Å². The summed E-state index contributed by atoms with van der Waals surface area (Å²) in [6, 6.07) is 8.14. The van der Waals surface area contributed by atoms with E-state index in [1.807, 2.05) is 19.1 Å². The molecule has 0 saturated carbocycles. The number of fused-ring (bicyclic) bond motifs is 1. The minimum atomic E-state index is -4.53. The first kappa shape index (κ1) is 25.5. The minimum Gasteiger partial charge on any atom is -0.369 e. The number of piperazine rings is 1. The summed E-state index contributed by atoms with van der Waals surface area (Å²) in [5, 5.41) is 3.39. The van der Waals surface area contributed by atoms with E-state index >= 15 is 0 Å². The van der Waals surface area contributed by atoms with Crippen molar-refractivity contribution in [1.29, 1.82) is 0 Å². The third kappa shape index (κ3) is 4.86. The third-order valence-corrected chi connectivity index (χ3v) is 6.57. The van der Waals surface area contributed by atoms with Crippen molar-refractivity contribution in [3.63, 3.8) is 0 Å². The summed E-state index contributed by atoms with van der Waals surface area (Å²) in [4.78, 5) is 30.5. The lowest BCUT2D eigenvalue weighted by Gasteiger charge is -2.35. The van der Waals surface area contributed by atoms with Gasteiger partial charge in [0.25, 0.3) is 5.56 Å². The summed E-state index contributed by atoms with van der Waals surface area (Å²) < 4.78 is 41.9. The number of hydrogen-bond donors (Lipinski definition) is 1. The smallest absolute Gasteiger partial charge is 0.369 e. The van der Waals surface area contributed by atoms with E-state index in [-0.39, 0.29) is 29.3 Å². The monoisotopic (exact) mass is 524 g/mol. The molecule has 3 aromatic heterocycles. The van der Waals surface area contributed by atoms with Gasteiger partial charge in [-0.2, -0.15) is 18.2 Å². The van der Waals surface area contributed by atoms with Gasteiger partial charge in [-0.3, -0.25) is 4.79 Å². The molecule has 198 valence electrons. The van der Waals surface area contributed by atoms with Crippen LogP contribution in [0.4, 0.5) is 30.5 Å². The molecule has 0 amide bonds. The number of alkyl halides is 3. The maximum absolute atomic E-state index is 13.1. The van der Waals surface area contributed by atoms with Crippen molar-refractivity contribution in [2.45, 2.75) is 19.6 Å². The average Bonchev–Trinajstić information content (AvgIpc) is 3.15. The Kier molecular flexibility index (Phi) is 6.66. The fourth-order valence-corrected chi connectivity index (χ4v) is 4.55. The van der Waals surface area contributed by atoms with Crippen LogP contribution in [0, 0.1) is 6.92 Å². The van der Waals surface area contributed by atoms with Crippen molar-refractivity contribution >= 4 is 28.4 Å². The molecule has 1 fully saturated rings. The summed E-state index contributed by atoms with van der Waals surface area (Å²) in [6.45, 7) is 9.77. The van der Waals surface area contributed by atoms with Gasteiger partial charge in [0.05, 0.1) is 12.1 Å². The highest BCUT2D eigenvalue weighted by Gasteiger charge is 2.31. The summed E-state index contributed by atoms with van der Waals surface area (Å²) >= 11 is 0. The van der Waals surface area contributed by atoms with E-state index in [4.69, 9.17) is 0 Å². The Bertz CT molecular complexity index is 1530. The Balaban J connectivity index is 1.50. The van der Waals surface area contributed by atoms with E-state index in [0.717, 1.165) is 49.7 Å². The lowest BCUT2D eigenvalue weighted by molar-refractivity contribution is -0.137. The van der Waals surface area contributed by atoms with Crippen LogP contribution in [0.5, 0.6) is 0 Å². The molecule has 0 aliphatic carbocycles. The van der Waals surface area contributed by atoms with Crippen LogP contribution in [0.25, 0.3) is 16.9 Å². The van der Waals surface area contributed by atoms with Gasteiger partial charge in [-0.05, 0) is 49.9 Å². The van der Waals surface area contributed by atoms with Crippen molar-refractivity contribution < 1.29 is 13.2 Å². The molecule has 12 heteroatoms. The number of hydrogen-bond acceptors (Lipinski definition) is 7. The Morgan fingerprint density at radius 3 is 2.47 bits per heavy atom. The number of benzene rings is 1. The molecule has 1 aliphatic heterocycles. The van der Waals surface area contributed by atoms with Crippen molar-refractivity contribution in [3.05, 3.63) is 76.9 Å². The molecule has 38 heavy (non-hydrogen) atoms. The van der Waals surface area contributed by atoms with E-state index in [1.165, 1.54) is 33.4 Å². The molecular weight excluding hydrogens is 497 g/mol. The molecular formula is C26H27F3N8O. The molecule has 0 radical (unpaired) electrons. The summed E-state index contributed by atoms with van der Waals surface area (Å²) in [7, 11) is 2.12. The van der Waals surface area contributed by atoms with E-state index in [0.29, 0.717) is 0 Å². The number of pyridine rings is 1. The van der Waals surface area contributed by atoms with Gasteiger partial charge in [0.15, 0.2) is 11.5 Å². The van der Waals surface area contributed by atoms with Gasteiger partial charge in [0.2, 0.25) is 5.95 Å². The summed E-state index contributed by atoms with van der Waals surface area (Å²) in [5.41, 5.74) is 1.97. The van der Waals surface area contributed by atoms with Crippen LogP contribution in [0.2, 0.25) is 0 Å². The Hall–Kier alpha value is -4.19. The van der Waals surface area contributed by atoms with Crippen LogP contribution < -0.4 is 15.8 Å². The second kappa shape index (κ2) is 9.93. The van der Waals surface area contributed by atoms with Crippen LogP contribution in [-0.4, -0.2) is 62.4 Å². The van der Waals surface area contributed by atoms with Gasteiger partial charge in [-0.1, -0.05) is 6.08 Å². The van der Waals surface area contributed by atoms with E-state index in [2.05, 4.69) is 49.8 Å². The average molecular weight is 525 g/mol. The molecule has 9 nitrogen and oxygen atoms in total. The summed E-state index contributed by atoms with van der Waals surface area (Å²) in [5.74, 6) is 0.352. The van der Waals surface area contributed by atoms with Crippen LogP contribution >= 0.6 is 0 Å². The maximum Gasteiger partial charge on any atom is 0.417 e. The predicted molar refractivity (Wildman–Crippen MR) is 140 cm³/mol. The highest BCUT2D eigenvalue weighted by molar-refractivity contribution is 5.77. The molecule has 1 aliphatic rings. The molecule has 1 N–H and O–H groups in total. The Labute approximate surface area is 216 Å².